The molecule has 0 saturated heterocycles. The summed E-state index contributed by atoms with van der Waals surface area (Å²) in [5, 5.41) is 0. The first-order valence-electron chi connectivity index (χ1n) is 0.783. The molecule has 0 unspecified atom stereocenters. The van der Waals surface area contributed by atoms with Gasteiger partial charge in [-0.1, -0.05) is 0 Å². The standard InChI is InChI=1S/2Li.Mg.Mn.H3O4P.4H/c;;;;1-5(2,3)4;;;;/h;;;;(H3,1,2,3,4);;;;. The third-order valence-electron chi connectivity index (χ3n) is 0. The molecule has 0 aliphatic heterocycles. The van der Waals surface area contributed by atoms with Crippen molar-refractivity contribution in [2.24, 2.45) is 0 Å². The minimum absolute atomic E-state index is 0. The van der Waals surface area contributed by atoms with E-state index in [2.05, 4.69) is 0 Å². The van der Waals surface area contributed by atoms with Crippen molar-refractivity contribution in [2.75, 3.05) is 0 Å². The number of hydrogen-bond acceptors (Lipinski definition) is 1. The Kier molecular flexibility index (Phi) is 43.9. The van der Waals surface area contributed by atoms with Gasteiger partial charge >= 0.3 is 68.6 Å². The fraction of sp³-hybridized carbons (Fsp3) is 0. The van der Waals surface area contributed by atoms with E-state index in [1.165, 1.54) is 0 Å². The summed E-state index contributed by atoms with van der Waals surface area (Å²) in [4.78, 5) is 21.6. The summed E-state index contributed by atoms with van der Waals surface area (Å²) in [7, 11) is -4.64. The van der Waals surface area contributed by atoms with Crippen LogP contribution in [0.1, 0.15) is 0 Å². The predicted molar refractivity (Wildman–Crippen MR) is 37.1 cm³/mol. The zero-order valence-corrected chi connectivity index (χ0v) is 4.65. The molecule has 0 bridgehead atoms. The average molecular weight is 195 g/mol. The molecule has 1 radical (unpaired) electrons. The molecule has 0 heterocycles. The number of hydrogen-bond donors (Lipinski definition) is 3. The largest absolute Gasteiger partial charge is 0.316 e. The molecule has 3 N–H and O–H groups in total. The van der Waals surface area contributed by atoms with Crippen LogP contribution in [0.15, 0.2) is 0 Å². The van der Waals surface area contributed by atoms with Crippen molar-refractivity contribution in [2.45, 2.75) is 0 Å². The van der Waals surface area contributed by atoms with E-state index in [0.717, 1.165) is 0 Å². The van der Waals surface area contributed by atoms with Crippen molar-refractivity contribution in [3.05, 3.63) is 0 Å². The van der Waals surface area contributed by atoms with Gasteiger partial charge in [0.15, 0.2) is 0 Å². The van der Waals surface area contributed by atoms with E-state index in [4.69, 9.17) is 19.2 Å². The van der Waals surface area contributed by atoms with Gasteiger partial charge in [-0.25, -0.2) is 4.57 Å². The Hall–Kier alpha value is 2.59. The zero-order chi connectivity index (χ0) is 4.50. The van der Waals surface area contributed by atoms with Gasteiger partial charge in [0.2, 0.25) is 0 Å². The normalized spacial score (nSPS) is 6.56. The molecule has 0 aliphatic carbocycles. The summed E-state index contributed by atoms with van der Waals surface area (Å²) >= 11 is 0. The van der Waals surface area contributed by atoms with Crippen molar-refractivity contribution in [3.63, 3.8) is 0 Å². The molecule has 47 valence electrons. The molecule has 0 aromatic carbocycles. The minimum Gasteiger partial charge on any atom is 0 e. The zero-order valence-electron chi connectivity index (χ0n) is 2.58. The molecule has 0 saturated carbocycles. The summed E-state index contributed by atoms with van der Waals surface area (Å²) in [6, 6.07) is 0. The van der Waals surface area contributed by atoms with Gasteiger partial charge in [-0.2, -0.15) is 0 Å². The van der Waals surface area contributed by atoms with Crippen molar-refractivity contribution in [1.82, 2.24) is 0 Å². The second-order valence-electron chi connectivity index (χ2n) is 0.513. The summed E-state index contributed by atoms with van der Waals surface area (Å²) in [6.07, 6.45) is 0. The van der Waals surface area contributed by atoms with Crippen LogP contribution in [-0.4, -0.2) is 75.5 Å². The quantitative estimate of drug-likeness (QED) is 0.282. The van der Waals surface area contributed by atoms with Gasteiger partial charge in [0.05, 0.1) is 0 Å². The Bertz CT molecular complexity index is 64.7. The molecule has 0 fully saturated rings. The van der Waals surface area contributed by atoms with Crippen molar-refractivity contribution in [1.29, 1.82) is 0 Å². The topological polar surface area (TPSA) is 77.8 Å². The fourth-order valence-electron chi connectivity index (χ4n) is 0. The maximum absolute atomic E-state index is 8.88. The Balaban J connectivity index is -0.0000000133. The molecule has 9 heavy (non-hydrogen) atoms. The van der Waals surface area contributed by atoms with E-state index < -0.39 is 7.82 Å². The minimum atomic E-state index is -4.64. The van der Waals surface area contributed by atoms with E-state index in [9.17, 15) is 0 Å². The molecule has 0 aromatic heterocycles. The second kappa shape index (κ2) is 13.2. The summed E-state index contributed by atoms with van der Waals surface area (Å²) < 4.78 is 8.88. The number of rotatable bonds is 0. The molecular formula is H7Li2MgMnO4P. The van der Waals surface area contributed by atoms with Gasteiger partial charge in [-0.3, -0.25) is 0 Å². The maximum atomic E-state index is 8.88. The summed E-state index contributed by atoms with van der Waals surface area (Å²) in [6.45, 7) is 0. The van der Waals surface area contributed by atoms with Gasteiger partial charge < -0.3 is 14.7 Å². The Morgan fingerprint density at radius 1 is 1.00 bits per heavy atom. The predicted octanol–water partition coefficient (Wildman–Crippen LogP) is -3.14. The average Bonchev–Trinajstić information content (AvgIpc) is 0.722. The fourth-order valence-corrected chi connectivity index (χ4v) is 0. The van der Waals surface area contributed by atoms with Gasteiger partial charge in [0, 0.05) is 17.1 Å². The maximum Gasteiger partial charge on any atom is 0.316 e. The summed E-state index contributed by atoms with van der Waals surface area (Å²) in [5.41, 5.74) is 0. The first-order valence-corrected chi connectivity index (χ1v) is 2.35. The van der Waals surface area contributed by atoms with Crippen LogP contribution >= 0.6 is 7.82 Å². The van der Waals surface area contributed by atoms with Crippen LogP contribution in [0.4, 0.5) is 0 Å². The molecular weight excluding hydrogens is 188 g/mol. The molecule has 0 rings (SSSR count). The Morgan fingerprint density at radius 2 is 1.00 bits per heavy atom. The summed E-state index contributed by atoms with van der Waals surface area (Å²) in [5.74, 6) is 0. The van der Waals surface area contributed by atoms with Crippen LogP contribution in [0, 0.1) is 0 Å². The molecule has 0 amide bonds. The Morgan fingerprint density at radius 3 is 1.00 bits per heavy atom. The van der Waals surface area contributed by atoms with E-state index in [0.29, 0.717) is 0 Å². The molecule has 0 atom stereocenters. The van der Waals surface area contributed by atoms with Crippen LogP contribution in [0.2, 0.25) is 0 Å². The van der Waals surface area contributed by atoms with E-state index in [-0.39, 0.29) is 77.8 Å². The van der Waals surface area contributed by atoms with Crippen molar-refractivity contribution >= 4 is 68.6 Å². The first kappa shape index (κ1) is 29.9. The van der Waals surface area contributed by atoms with Crippen molar-refractivity contribution < 1.29 is 36.3 Å². The third kappa shape index (κ3) is 116. The molecule has 0 aliphatic rings. The van der Waals surface area contributed by atoms with E-state index in [1.807, 2.05) is 0 Å². The second-order valence-corrected chi connectivity index (χ2v) is 1.54. The van der Waals surface area contributed by atoms with Gasteiger partial charge in [0.1, 0.15) is 0 Å². The van der Waals surface area contributed by atoms with Crippen LogP contribution in [0.25, 0.3) is 0 Å². The first-order chi connectivity index (χ1) is 2.00. The van der Waals surface area contributed by atoms with Crippen molar-refractivity contribution in [3.8, 4) is 0 Å². The van der Waals surface area contributed by atoms with Gasteiger partial charge in [-0.05, 0) is 0 Å². The van der Waals surface area contributed by atoms with Crippen LogP contribution in [0.3, 0.4) is 0 Å². The third-order valence-corrected chi connectivity index (χ3v) is 0. The van der Waals surface area contributed by atoms with E-state index in [1.54, 1.807) is 0 Å². The van der Waals surface area contributed by atoms with Crippen LogP contribution in [0.5, 0.6) is 0 Å². The van der Waals surface area contributed by atoms with Crippen LogP contribution < -0.4 is 0 Å². The SMILES string of the molecule is O=P(O)(O)O.[LiH].[LiH].[MgH2].[Mn]. The molecule has 0 spiro atoms. The van der Waals surface area contributed by atoms with Gasteiger partial charge in [0.25, 0.3) is 0 Å². The van der Waals surface area contributed by atoms with Gasteiger partial charge in [-0.15, -0.1) is 0 Å². The Labute approximate surface area is 104 Å². The number of phosphoric acid groups is 1. The molecule has 4 nitrogen and oxygen atoms in total. The smallest absolute Gasteiger partial charge is 0 e. The van der Waals surface area contributed by atoms with E-state index >= 15 is 0 Å². The monoisotopic (exact) mass is 195 g/mol. The molecule has 0 aromatic rings. The molecule has 9 heteroatoms. The van der Waals surface area contributed by atoms with Crippen LogP contribution in [-0.2, 0) is 21.6 Å².